The Morgan fingerprint density at radius 2 is 1.86 bits per heavy atom. The number of carbonyl (C=O) groups is 1. The molecule has 0 aromatic carbocycles. The molecule has 2 rings (SSSR count). The van der Waals surface area contributed by atoms with E-state index in [0.717, 1.165) is 11.0 Å². The molecule has 0 spiro atoms. The van der Waals surface area contributed by atoms with Crippen LogP contribution in [0.4, 0.5) is 4.79 Å². The van der Waals surface area contributed by atoms with Crippen LogP contribution < -0.4 is 11.2 Å². The molecular weight excluding hydrogens is 283 g/mol. The summed E-state index contributed by atoms with van der Waals surface area (Å²) < 4.78 is 17.0. The predicted octanol–water partition coefficient (Wildman–Crippen LogP) is 1.85. The number of aryl methyl sites for hydroxylation is 1. The van der Waals surface area contributed by atoms with E-state index in [-0.39, 0.29) is 0 Å². The first-order chi connectivity index (χ1) is 10.0. The smallest absolute Gasteiger partial charge is 0.440 e. The van der Waals surface area contributed by atoms with E-state index in [4.69, 9.17) is 19.8 Å². The lowest BCUT2D eigenvalue weighted by Crippen LogP contribution is -2.41. The number of aromatic nitrogens is 1. The van der Waals surface area contributed by atoms with Crippen LogP contribution >= 0.6 is 0 Å². The summed E-state index contributed by atoms with van der Waals surface area (Å²) in [6.07, 6.45) is 0.388. The lowest BCUT2D eigenvalue weighted by Gasteiger charge is -2.32. The van der Waals surface area contributed by atoms with Gasteiger partial charge in [-0.05, 0) is 53.2 Å². The fraction of sp³-hybridized carbons (Fsp3) is 0.600. The molecular formula is C15H23BN2O4. The van der Waals surface area contributed by atoms with E-state index < -0.39 is 30.5 Å². The second kappa shape index (κ2) is 5.55. The normalized spacial score (nSPS) is 20.7. The van der Waals surface area contributed by atoms with Gasteiger partial charge in [-0.2, -0.15) is 0 Å². The molecule has 2 heterocycles. The van der Waals surface area contributed by atoms with Gasteiger partial charge >= 0.3 is 13.2 Å². The molecule has 120 valence electrons. The lowest BCUT2D eigenvalue weighted by atomic mass is 9.77. The molecule has 7 heteroatoms. The molecule has 1 aromatic rings. The van der Waals surface area contributed by atoms with Crippen molar-refractivity contribution in [3.63, 3.8) is 0 Å². The van der Waals surface area contributed by atoms with Crippen LogP contribution in [0, 0.1) is 6.92 Å². The average Bonchev–Trinajstić information content (AvgIpc) is 2.57. The van der Waals surface area contributed by atoms with Crippen molar-refractivity contribution in [1.29, 1.82) is 0 Å². The van der Waals surface area contributed by atoms with Gasteiger partial charge < -0.3 is 19.8 Å². The first-order valence-corrected chi connectivity index (χ1v) is 7.31. The number of carbonyl (C=O) groups excluding carboxylic acids is 1. The highest BCUT2D eigenvalue weighted by Gasteiger charge is 2.52. The van der Waals surface area contributed by atoms with Crippen LogP contribution in [0.3, 0.4) is 0 Å². The van der Waals surface area contributed by atoms with Crippen molar-refractivity contribution in [2.45, 2.75) is 58.8 Å². The number of hydrogen-bond donors (Lipinski definition) is 1. The molecule has 1 unspecified atom stereocenters. The van der Waals surface area contributed by atoms with Gasteiger partial charge in [0.25, 0.3) is 0 Å². The zero-order chi connectivity index (χ0) is 16.7. The Bertz CT molecular complexity index is 573. The maximum atomic E-state index is 10.8. The lowest BCUT2D eigenvalue weighted by molar-refractivity contribution is 0.00578. The predicted molar refractivity (Wildman–Crippen MR) is 83.8 cm³/mol. The molecule has 6 nitrogen and oxygen atoms in total. The van der Waals surface area contributed by atoms with Crippen molar-refractivity contribution >= 4 is 18.7 Å². The van der Waals surface area contributed by atoms with Crippen molar-refractivity contribution in [2.75, 3.05) is 0 Å². The van der Waals surface area contributed by atoms with Gasteiger partial charge in [0.1, 0.15) is 6.10 Å². The molecule has 1 aliphatic rings. The molecule has 1 atom stereocenters. The van der Waals surface area contributed by atoms with E-state index >= 15 is 0 Å². The summed E-state index contributed by atoms with van der Waals surface area (Å²) in [6, 6.07) is 1.86. The SMILES string of the molecule is Cc1cc(C(C)OC(N)=O)ncc1B1OC(C)(C)C(C)(C)O1. The maximum Gasteiger partial charge on any atom is 0.496 e. The Morgan fingerprint density at radius 3 is 2.32 bits per heavy atom. The summed E-state index contributed by atoms with van der Waals surface area (Å²) in [5, 5.41) is 0. The van der Waals surface area contributed by atoms with E-state index in [1.807, 2.05) is 40.7 Å². The monoisotopic (exact) mass is 306 g/mol. The van der Waals surface area contributed by atoms with Crippen LogP contribution in [-0.4, -0.2) is 29.4 Å². The molecule has 1 amide bonds. The summed E-state index contributed by atoms with van der Waals surface area (Å²) in [5.74, 6) is 0. The van der Waals surface area contributed by atoms with E-state index in [0.29, 0.717) is 5.69 Å². The fourth-order valence-corrected chi connectivity index (χ4v) is 2.26. The van der Waals surface area contributed by atoms with Gasteiger partial charge in [-0.3, -0.25) is 4.98 Å². The quantitative estimate of drug-likeness (QED) is 0.862. The molecule has 22 heavy (non-hydrogen) atoms. The first kappa shape index (κ1) is 16.8. The number of amides is 1. The summed E-state index contributed by atoms with van der Waals surface area (Å²) in [7, 11) is -0.459. The average molecular weight is 306 g/mol. The highest BCUT2D eigenvalue weighted by molar-refractivity contribution is 6.62. The summed E-state index contributed by atoms with van der Waals surface area (Å²) >= 11 is 0. The van der Waals surface area contributed by atoms with Crippen LogP contribution in [0.5, 0.6) is 0 Å². The van der Waals surface area contributed by atoms with E-state index in [2.05, 4.69) is 4.98 Å². The minimum Gasteiger partial charge on any atom is -0.440 e. The van der Waals surface area contributed by atoms with Crippen LogP contribution in [0.15, 0.2) is 12.3 Å². The van der Waals surface area contributed by atoms with Gasteiger partial charge in [0.2, 0.25) is 0 Å². The Kier molecular flexibility index (Phi) is 4.23. The third-order valence-electron chi connectivity index (χ3n) is 4.39. The third-order valence-corrected chi connectivity index (χ3v) is 4.39. The summed E-state index contributed by atoms with van der Waals surface area (Å²) in [4.78, 5) is 15.2. The van der Waals surface area contributed by atoms with Gasteiger partial charge in [-0.1, -0.05) is 0 Å². The van der Waals surface area contributed by atoms with Crippen molar-refractivity contribution in [1.82, 2.24) is 4.98 Å². The first-order valence-electron chi connectivity index (χ1n) is 7.31. The molecule has 0 aliphatic carbocycles. The van der Waals surface area contributed by atoms with Gasteiger partial charge in [0.15, 0.2) is 0 Å². The molecule has 1 aliphatic heterocycles. The zero-order valence-electron chi connectivity index (χ0n) is 14.0. The molecule has 1 aromatic heterocycles. The van der Waals surface area contributed by atoms with Gasteiger partial charge in [0.05, 0.1) is 16.9 Å². The summed E-state index contributed by atoms with van der Waals surface area (Å²) in [6.45, 7) is 11.7. The highest BCUT2D eigenvalue weighted by Crippen LogP contribution is 2.36. The topological polar surface area (TPSA) is 83.7 Å². The Hall–Kier alpha value is -1.60. The minimum atomic E-state index is -0.818. The van der Waals surface area contributed by atoms with Crippen LogP contribution in [0.1, 0.15) is 52.0 Å². The van der Waals surface area contributed by atoms with Gasteiger partial charge in [-0.15, -0.1) is 0 Å². The Balaban J connectivity index is 2.23. The molecule has 0 bridgehead atoms. The second-order valence-corrected chi connectivity index (χ2v) is 6.63. The number of ether oxygens (including phenoxy) is 1. The van der Waals surface area contributed by atoms with Gasteiger partial charge in [0, 0.05) is 11.7 Å². The fourth-order valence-electron chi connectivity index (χ4n) is 2.26. The molecule has 2 N–H and O–H groups in total. The Labute approximate surface area is 131 Å². The maximum absolute atomic E-state index is 10.8. The summed E-state index contributed by atoms with van der Waals surface area (Å²) in [5.41, 5.74) is 6.70. The molecule has 0 radical (unpaired) electrons. The zero-order valence-corrected chi connectivity index (χ0v) is 14.0. The standard InChI is InChI=1S/C15H23BN2O4/c1-9-7-12(10(2)20-13(17)19)18-8-11(9)16-21-14(3,4)15(5,6)22-16/h7-8,10H,1-6H3,(H2,17,19). The highest BCUT2D eigenvalue weighted by atomic mass is 16.7. The van der Waals surface area contributed by atoms with Crippen LogP contribution in [0.2, 0.25) is 0 Å². The molecule has 1 fully saturated rings. The number of nitrogens with zero attached hydrogens (tertiary/aromatic N) is 1. The Morgan fingerprint density at radius 1 is 1.32 bits per heavy atom. The van der Waals surface area contributed by atoms with Crippen LogP contribution in [0.25, 0.3) is 0 Å². The van der Waals surface area contributed by atoms with Crippen molar-refractivity contribution in [3.05, 3.63) is 23.5 Å². The van der Waals surface area contributed by atoms with E-state index in [1.54, 1.807) is 13.1 Å². The molecule has 1 saturated heterocycles. The number of primary amides is 1. The number of nitrogens with two attached hydrogens (primary N) is 1. The van der Waals surface area contributed by atoms with Crippen molar-refractivity contribution in [3.8, 4) is 0 Å². The van der Waals surface area contributed by atoms with Gasteiger partial charge in [-0.25, -0.2) is 4.79 Å². The third kappa shape index (κ3) is 3.10. The van der Waals surface area contributed by atoms with Crippen molar-refractivity contribution < 1.29 is 18.8 Å². The van der Waals surface area contributed by atoms with Crippen molar-refractivity contribution in [2.24, 2.45) is 5.73 Å². The van der Waals surface area contributed by atoms with E-state index in [1.165, 1.54) is 0 Å². The van der Waals surface area contributed by atoms with E-state index in [9.17, 15) is 4.79 Å². The minimum absolute atomic E-state index is 0.398. The number of pyridine rings is 1. The second-order valence-electron chi connectivity index (χ2n) is 6.63. The number of hydrogen-bond acceptors (Lipinski definition) is 5. The number of rotatable bonds is 3. The largest absolute Gasteiger partial charge is 0.496 e. The van der Waals surface area contributed by atoms with Crippen LogP contribution in [-0.2, 0) is 14.0 Å². The molecule has 0 saturated carbocycles.